The number of carbonyl (C=O) groups excluding carboxylic acids is 1. The Kier molecular flexibility index (Phi) is 4.01. The van der Waals surface area contributed by atoms with Gasteiger partial charge in [-0.15, -0.1) is 0 Å². The molecule has 22 heavy (non-hydrogen) atoms. The fourth-order valence-electron chi connectivity index (χ4n) is 2.41. The van der Waals surface area contributed by atoms with E-state index in [-0.39, 0.29) is 16.6 Å². The molecule has 0 aromatic heterocycles. The summed E-state index contributed by atoms with van der Waals surface area (Å²) < 4.78 is 28.7. The number of methoxy groups -OCH3 is 1. The first kappa shape index (κ1) is 16.4. The molecule has 1 unspecified atom stereocenters. The third kappa shape index (κ3) is 2.48. The van der Waals surface area contributed by atoms with E-state index in [9.17, 15) is 13.2 Å². The van der Waals surface area contributed by atoms with Gasteiger partial charge in [0.2, 0.25) is 0 Å². The smallest absolute Gasteiger partial charge is 0.268 e. The summed E-state index contributed by atoms with van der Waals surface area (Å²) in [5.41, 5.74) is 0.173. The second-order valence-electron chi connectivity index (χ2n) is 5.29. The molecule has 1 atom stereocenters. The summed E-state index contributed by atoms with van der Waals surface area (Å²) in [7, 11) is 1.25. The highest BCUT2D eigenvalue weighted by Crippen LogP contribution is 2.29. The number of amides is 1. The van der Waals surface area contributed by atoms with Crippen LogP contribution >= 0.6 is 0 Å². The molecule has 8 heteroatoms. The molecule has 0 spiro atoms. The van der Waals surface area contributed by atoms with Gasteiger partial charge in [-0.3, -0.25) is 4.79 Å². The lowest BCUT2D eigenvalue weighted by molar-refractivity contribution is -0.131. The summed E-state index contributed by atoms with van der Waals surface area (Å²) in [6.07, 6.45) is 1.12. The SMILES string of the molecule is CNC1(C)C(=O)N(C)N=C1c1ccc(S(C)(=O)=O)c(OC)c1. The van der Waals surface area contributed by atoms with Crippen LogP contribution in [0.5, 0.6) is 5.75 Å². The Hall–Kier alpha value is -1.93. The lowest BCUT2D eigenvalue weighted by Crippen LogP contribution is -2.53. The fourth-order valence-corrected chi connectivity index (χ4v) is 3.24. The number of nitrogens with zero attached hydrogens (tertiary/aromatic N) is 2. The summed E-state index contributed by atoms with van der Waals surface area (Å²) in [4.78, 5) is 12.3. The number of hydrazone groups is 1. The highest BCUT2D eigenvalue weighted by atomic mass is 32.2. The third-order valence-corrected chi connectivity index (χ3v) is 4.92. The summed E-state index contributed by atoms with van der Waals surface area (Å²) in [6, 6.07) is 4.67. The number of hydrogen-bond donors (Lipinski definition) is 1. The van der Waals surface area contributed by atoms with Crippen LogP contribution in [-0.4, -0.2) is 58.0 Å². The van der Waals surface area contributed by atoms with Gasteiger partial charge in [-0.05, 0) is 26.1 Å². The van der Waals surface area contributed by atoms with Crippen LogP contribution in [0.2, 0.25) is 0 Å². The largest absolute Gasteiger partial charge is 0.495 e. The fraction of sp³-hybridized carbons (Fsp3) is 0.429. The van der Waals surface area contributed by atoms with Gasteiger partial charge in [0.05, 0.1) is 12.8 Å². The zero-order valence-electron chi connectivity index (χ0n) is 13.2. The van der Waals surface area contributed by atoms with Gasteiger partial charge in [-0.25, -0.2) is 13.4 Å². The van der Waals surface area contributed by atoms with Crippen molar-refractivity contribution < 1.29 is 17.9 Å². The molecule has 1 N–H and O–H groups in total. The summed E-state index contributed by atoms with van der Waals surface area (Å²) >= 11 is 0. The van der Waals surface area contributed by atoms with Crippen LogP contribution in [0.15, 0.2) is 28.2 Å². The second kappa shape index (κ2) is 5.36. The molecular weight excluding hydrogens is 306 g/mol. The number of ether oxygens (including phenoxy) is 1. The maximum Gasteiger partial charge on any atom is 0.268 e. The number of nitrogens with one attached hydrogen (secondary N) is 1. The summed E-state index contributed by atoms with van der Waals surface area (Å²) in [5.74, 6) is 0.0410. The maximum atomic E-state index is 12.2. The van der Waals surface area contributed by atoms with Crippen LogP contribution < -0.4 is 10.1 Å². The van der Waals surface area contributed by atoms with Crippen molar-refractivity contribution in [1.82, 2.24) is 10.3 Å². The number of rotatable bonds is 4. The Morgan fingerprint density at radius 2 is 2.00 bits per heavy atom. The number of benzene rings is 1. The first-order valence-corrected chi connectivity index (χ1v) is 8.49. The predicted octanol–water partition coefficient (Wildman–Crippen LogP) is 0.253. The monoisotopic (exact) mass is 325 g/mol. The molecular formula is C14H19N3O4S. The third-order valence-electron chi connectivity index (χ3n) is 3.78. The van der Waals surface area contributed by atoms with E-state index < -0.39 is 15.4 Å². The zero-order chi connectivity index (χ0) is 16.7. The summed E-state index contributed by atoms with van der Waals surface area (Å²) in [5, 5.41) is 8.50. The van der Waals surface area contributed by atoms with E-state index in [1.807, 2.05) is 0 Å². The van der Waals surface area contributed by atoms with Crippen LogP contribution in [-0.2, 0) is 14.6 Å². The Labute approximate surface area is 129 Å². The van der Waals surface area contributed by atoms with E-state index in [1.165, 1.54) is 18.2 Å². The molecule has 0 saturated heterocycles. The van der Waals surface area contributed by atoms with Crippen molar-refractivity contribution in [3.8, 4) is 5.75 Å². The van der Waals surface area contributed by atoms with Gasteiger partial charge < -0.3 is 10.1 Å². The topological polar surface area (TPSA) is 88.1 Å². The minimum atomic E-state index is -3.40. The van der Waals surface area contributed by atoms with Crippen molar-refractivity contribution in [3.05, 3.63) is 23.8 Å². The minimum absolute atomic E-state index is 0.100. The lowest BCUT2D eigenvalue weighted by Gasteiger charge is -2.23. The van der Waals surface area contributed by atoms with Crippen molar-refractivity contribution in [2.45, 2.75) is 17.4 Å². The van der Waals surface area contributed by atoms with Gasteiger partial charge in [-0.1, -0.05) is 6.07 Å². The Bertz CT molecular complexity index is 757. The second-order valence-corrected chi connectivity index (χ2v) is 7.27. The molecule has 0 radical (unpaired) electrons. The van der Waals surface area contributed by atoms with Crippen molar-refractivity contribution in [2.75, 3.05) is 27.5 Å². The molecule has 0 saturated carbocycles. The van der Waals surface area contributed by atoms with Crippen molar-refractivity contribution in [3.63, 3.8) is 0 Å². The molecule has 0 fully saturated rings. The van der Waals surface area contributed by atoms with Crippen LogP contribution in [0.25, 0.3) is 0 Å². The molecule has 7 nitrogen and oxygen atoms in total. The van der Waals surface area contributed by atoms with E-state index in [0.717, 1.165) is 6.26 Å². The normalized spacial score (nSPS) is 22.0. The molecule has 0 aliphatic carbocycles. The first-order chi connectivity index (χ1) is 10.1. The number of sulfone groups is 1. The predicted molar refractivity (Wildman–Crippen MR) is 82.9 cm³/mol. The zero-order valence-corrected chi connectivity index (χ0v) is 14.0. The highest BCUT2D eigenvalue weighted by molar-refractivity contribution is 7.90. The van der Waals surface area contributed by atoms with Gasteiger partial charge in [0, 0.05) is 18.9 Å². The van der Waals surface area contributed by atoms with E-state index >= 15 is 0 Å². The quantitative estimate of drug-likeness (QED) is 0.857. The summed E-state index contributed by atoms with van der Waals surface area (Å²) in [6.45, 7) is 1.73. The minimum Gasteiger partial charge on any atom is -0.495 e. The van der Waals surface area contributed by atoms with Crippen molar-refractivity contribution in [2.24, 2.45) is 5.10 Å². The molecule has 120 valence electrons. The van der Waals surface area contributed by atoms with Gasteiger partial charge in [0.15, 0.2) is 9.84 Å². The first-order valence-electron chi connectivity index (χ1n) is 6.59. The van der Waals surface area contributed by atoms with Gasteiger partial charge in [0.1, 0.15) is 16.2 Å². The molecule has 2 rings (SSSR count). The van der Waals surface area contributed by atoms with Gasteiger partial charge >= 0.3 is 0 Å². The van der Waals surface area contributed by atoms with E-state index in [1.54, 1.807) is 33.2 Å². The average molecular weight is 325 g/mol. The van der Waals surface area contributed by atoms with Crippen LogP contribution in [0.3, 0.4) is 0 Å². The molecule has 1 aliphatic rings. The standard InChI is InChI=1S/C14H19N3O4S/c1-14(15-2)12(16-17(3)13(14)18)9-6-7-11(22(5,19)20)10(8-9)21-4/h6-8,15H,1-5H3. The van der Waals surface area contributed by atoms with Crippen molar-refractivity contribution in [1.29, 1.82) is 0 Å². The lowest BCUT2D eigenvalue weighted by atomic mass is 9.90. The molecule has 1 aromatic carbocycles. The number of hydrogen-bond acceptors (Lipinski definition) is 6. The Balaban J connectivity index is 2.60. The highest BCUT2D eigenvalue weighted by Gasteiger charge is 2.45. The van der Waals surface area contributed by atoms with Crippen LogP contribution in [0.4, 0.5) is 0 Å². The average Bonchev–Trinajstić information content (AvgIpc) is 2.70. The Morgan fingerprint density at radius 1 is 1.36 bits per heavy atom. The van der Waals surface area contributed by atoms with E-state index in [2.05, 4.69) is 10.4 Å². The maximum absolute atomic E-state index is 12.2. The molecule has 1 aliphatic heterocycles. The molecule has 1 heterocycles. The van der Waals surface area contributed by atoms with Crippen LogP contribution in [0, 0.1) is 0 Å². The van der Waals surface area contributed by atoms with Gasteiger partial charge in [-0.2, -0.15) is 5.10 Å². The van der Waals surface area contributed by atoms with E-state index in [4.69, 9.17) is 4.74 Å². The number of likely N-dealkylation sites (N-methyl/N-ethyl adjacent to an activating group) is 2. The van der Waals surface area contributed by atoms with E-state index in [0.29, 0.717) is 11.3 Å². The van der Waals surface area contributed by atoms with Crippen molar-refractivity contribution >= 4 is 21.5 Å². The van der Waals surface area contributed by atoms with Crippen LogP contribution in [0.1, 0.15) is 12.5 Å². The molecule has 1 aromatic rings. The molecule has 0 bridgehead atoms. The molecule has 1 amide bonds. The Morgan fingerprint density at radius 3 is 2.50 bits per heavy atom. The number of carbonyl (C=O) groups is 1. The van der Waals surface area contributed by atoms with Gasteiger partial charge in [0.25, 0.3) is 5.91 Å².